The first-order valence-electron chi connectivity index (χ1n) is 5.19. The summed E-state index contributed by atoms with van der Waals surface area (Å²) in [6.07, 6.45) is 1.29. The molecule has 7 nitrogen and oxygen atoms in total. The van der Waals surface area contributed by atoms with Gasteiger partial charge in [-0.25, -0.2) is 9.89 Å². The lowest BCUT2D eigenvalue weighted by Crippen LogP contribution is -2.20. The van der Waals surface area contributed by atoms with Crippen LogP contribution in [0.15, 0.2) is 30.6 Å². The number of hydrogen-bond acceptors (Lipinski definition) is 4. The van der Waals surface area contributed by atoms with Crippen LogP contribution in [0.25, 0.3) is 0 Å². The molecule has 7 heteroatoms. The van der Waals surface area contributed by atoms with Crippen LogP contribution >= 0.6 is 0 Å². The number of aromatic amines is 1. The van der Waals surface area contributed by atoms with Crippen LogP contribution in [-0.2, 0) is 0 Å². The van der Waals surface area contributed by atoms with E-state index in [1.165, 1.54) is 13.3 Å². The van der Waals surface area contributed by atoms with Crippen molar-refractivity contribution in [2.75, 3.05) is 10.6 Å². The zero-order chi connectivity index (χ0) is 13.0. The largest absolute Gasteiger partial charge is 0.326 e. The predicted octanol–water partition coefficient (Wildman–Crippen LogP) is 1.65. The standard InChI is InChI=1S/C11H11N5O2/c1-7(17)8-2-4-9(5-3-8)14-11(18)15-10-12-6-13-16-10/h2-6H,1H3,(H3,12,13,14,15,16,18). The molecule has 0 unspecified atom stereocenters. The maximum Gasteiger partial charge on any atom is 0.326 e. The number of hydrogen-bond donors (Lipinski definition) is 3. The average Bonchev–Trinajstić information content (AvgIpc) is 2.82. The summed E-state index contributed by atoms with van der Waals surface area (Å²) in [4.78, 5) is 26.3. The van der Waals surface area contributed by atoms with Crippen LogP contribution in [0, 0.1) is 0 Å². The van der Waals surface area contributed by atoms with Crippen molar-refractivity contribution >= 4 is 23.5 Å². The number of H-pyrrole nitrogens is 1. The van der Waals surface area contributed by atoms with Gasteiger partial charge >= 0.3 is 6.03 Å². The van der Waals surface area contributed by atoms with Gasteiger partial charge in [-0.1, -0.05) is 0 Å². The molecule has 3 N–H and O–H groups in total. The summed E-state index contributed by atoms with van der Waals surface area (Å²) in [7, 11) is 0. The number of benzene rings is 1. The third-order valence-electron chi connectivity index (χ3n) is 2.20. The van der Waals surface area contributed by atoms with Gasteiger partial charge in [-0.15, -0.1) is 0 Å². The quantitative estimate of drug-likeness (QED) is 0.716. The number of ketones is 1. The molecule has 0 spiro atoms. The summed E-state index contributed by atoms with van der Waals surface area (Å²) in [6, 6.07) is 6.15. The molecule has 2 aromatic rings. The molecule has 18 heavy (non-hydrogen) atoms. The van der Waals surface area contributed by atoms with Crippen molar-refractivity contribution in [3.63, 3.8) is 0 Å². The minimum Gasteiger partial charge on any atom is -0.308 e. The molecule has 1 aromatic carbocycles. The van der Waals surface area contributed by atoms with Crippen LogP contribution in [0.5, 0.6) is 0 Å². The summed E-state index contributed by atoms with van der Waals surface area (Å²) < 4.78 is 0. The predicted molar refractivity (Wildman–Crippen MR) is 65.5 cm³/mol. The van der Waals surface area contributed by atoms with Gasteiger partial charge in [0.05, 0.1) is 0 Å². The van der Waals surface area contributed by atoms with Crippen molar-refractivity contribution in [3.05, 3.63) is 36.2 Å². The Morgan fingerprint density at radius 2 is 1.89 bits per heavy atom. The van der Waals surface area contributed by atoms with E-state index in [2.05, 4.69) is 25.8 Å². The van der Waals surface area contributed by atoms with Gasteiger partial charge in [-0.05, 0) is 31.2 Å². The molecule has 0 aliphatic carbocycles. The van der Waals surface area contributed by atoms with Gasteiger partial charge in [-0.2, -0.15) is 10.1 Å². The lowest BCUT2D eigenvalue weighted by Gasteiger charge is -2.05. The number of carbonyl (C=O) groups is 2. The molecular weight excluding hydrogens is 234 g/mol. The first-order valence-corrected chi connectivity index (χ1v) is 5.19. The Kier molecular flexibility index (Phi) is 3.33. The van der Waals surface area contributed by atoms with Crippen molar-refractivity contribution in [1.82, 2.24) is 15.2 Å². The zero-order valence-corrected chi connectivity index (χ0v) is 9.60. The van der Waals surface area contributed by atoms with E-state index in [0.29, 0.717) is 11.3 Å². The molecule has 2 amide bonds. The molecule has 1 aromatic heterocycles. The van der Waals surface area contributed by atoms with Gasteiger partial charge in [-0.3, -0.25) is 10.1 Å². The fourth-order valence-electron chi connectivity index (χ4n) is 1.32. The Morgan fingerprint density at radius 3 is 2.44 bits per heavy atom. The number of Topliss-reactive ketones (excluding diaryl/α,β-unsaturated/α-hetero) is 1. The van der Waals surface area contributed by atoms with Crippen LogP contribution in [0.2, 0.25) is 0 Å². The van der Waals surface area contributed by atoms with Crippen molar-refractivity contribution in [1.29, 1.82) is 0 Å². The first kappa shape index (κ1) is 11.8. The SMILES string of the molecule is CC(=O)c1ccc(NC(=O)Nc2ncn[nH]2)cc1. The number of nitrogens with one attached hydrogen (secondary N) is 3. The molecule has 0 bridgehead atoms. The van der Waals surface area contributed by atoms with Crippen LogP contribution in [0.3, 0.4) is 0 Å². The molecule has 0 aliphatic rings. The highest BCUT2D eigenvalue weighted by Crippen LogP contribution is 2.10. The lowest BCUT2D eigenvalue weighted by molar-refractivity contribution is 0.101. The van der Waals surface area contributed by atoms with Crippen molar-refractivity contribution < 1.29 is 9.59 Å². The van der Waals surface area contributed by atoms with Crippen molar-refractivity contribution in [3.8, 4) is 0 Å². The Morgan fingerprint density at radius 1 is 1.17 bits per heavy atom. The highest BCUT2D eigenvalue weighted by molar-refractivity contribution is 5.99. The van der Waals surface area contributed by atoms with Crippen LogP contribution < -0.4 is 10.6 Å². The fourth-order valence-corrected chi connectivity index (χ4v) is 1.32. The molecule has 1 heterocycles. The van der Waals surface area contributed by atoms with E-state index in [-0.39, 0.29) is 11.7 Å². The Labute approximate surface area is 103 Å². The van der Waals surface area contributed by atoms with Crippen molar-refractivity contribution in [2.24, 2.45) is 0 Å². The van der Waals surface area contributed by atoms with E-state index >= 15 is 0 Å². The second-order valence-electron chi connectivity index (χ2n) is 3.55. The highest BCUT2D eigenvalue weighted by Gasteiger charge is 2.05. The topological polar surface area (TPSA) is 99.8 Å². The van der Waals surface area contributed by atoms with E-state index in [0.717, 1.165) is 0 Å². The Hall–Kier alpha value is -2.70. The van der Waals surface area contributed by atoms with E-state index < -0.39 is 6.03 Å². The van der Waals surface area contributed by atoms with Crippen LogP contribution in [-0.4, -0.2) is 27.0 Å². The van der Waals surface area contributed by atoms with Crippen LogP contribution in [0.1, 0.15) is 17.3 Å². The molecule has 0 radical (unpaired) electrons. The molecule has 0 saturated heterocycles. The molecule has 2 rings (SSSR count). The zero-order valence-electron chi connectivity index (χ0n) is 9.60. The third kappa shape index (κ3) is 2.91. The summed E-state index contributed by atoms with van der Waals surface area (Å²) in [6.45, 7) is 1.49. The van der Waals surface area contributed by atoms with Crippen molar-refractivity contribution in [2.45, 2.75) is 6.92 Å². The lowest BCUT2D eigenvalue weighted by atomic mass is 10.1. The molecule has 0 saturated carbocycles. The Balaban J connectivity index is 1.97. The first-order chi connectivity index (χ1) is 8.65. The molecule has 0 atom stereocenters. The van der Waals surface area contributed by atoms with Gasteiger partial charge in [0.15, 0.2) is 5.78 Å². The summed E-state index contributed by atoms with van der Waals surface area (Å²) in [5, 5.41) is 11.2. The number of aromatic nitrogens is 3. The maximum atomic E-state index is 11.5. The fraction of sp³-hybridized carbons (Fsp3) is 0.0909. The minimum atomic E-state index is -0.442. The number of carbonyl (C=O) groups excluding carboxylic acids is 2. The second kappa shape index (κ2) is 5.09. The van der Waals surface area contributed by atoms with E-state index in [1.54, 1.807) is 24.3 Å². The molecule has 0 aliphatic heterocycles. The highest BCUT2D eigenvalue weighted by atomic mass is 16.2. The van der Waals surface area contributed by atoms with E-state index in [1.807, 2.05) is 0 Å². The number of amides is 2. The number of urea groups is 1. The molecular formula is C11H11N5O2. The normalized spacial score (nSPS) is 9.83. The van der Waals surface area contributed by atoms with Crippen LogP contribution in [0.4, 0.5) is 16.4 Å². The van der Waals surface area contributed by atoms with Gasteiger partial charge in [0, 0.05) is 11.3 Å². The Bertz CT molecular complexity index is 547. The number of rotatable bonds is 3. The number of anilines is 2. The summed E-state index contributed by atoms with van der Waals surface area (Å²) in [5.41, 5.74) is 1.17. The van der Waals surface area contributed by atoms with Gasteiger partial charge in [0.2, 0.25) is 5.95 Å². The summed E-state index contributed by atoms with van der Waals surface area (Å²) >= 11 is 0. The van der Waals surface area contributed by atoms with E-state index in [4.69, 9.17) is 0 Å². The molecule has 92 valence electrons. The number of nitrogens with zero attached hydrogens (tertiary/aromatic N) is 2. The van der Waals surface area contributed by atoms with E-state index in [9.17, 15) is 9.59 Å². The van der Waals surface area contributed by atoms with Gasteiger partial charge < -0.3 is 5.32 Å². The smallest absolute Gasteiger partial charge is 0.308 e. The monoisotopic (exact) mass is 245 g/mol. The van der Waals surface area contributed by atoms with Gasteiger partial charge in [0.25, 0.3) is 0 Å². The molecule has 0 fully saturated rings. The second-order valence-corrected chi connectivity index (χ2v) is 3.55. The van der Waals surface area contributed by atoms with Gasteiger partial charge in [0.1, 0.15) is 6.33 Å². The summed E-state index contributed by atoms with van der Waals surface area (Å²) in [5.74, 6) is 0.237. The minimum absolute atomic E-state index is 0.0207. The maximum absolute atomic E-state index is 11.5. The average molecular weight is 245 g/mol. The third-order valence-corrected chi connectivity index (χ3v) is 2.20.